The van der Waals surface area contributed by atoms with Crippen molar-refractivity contribution in [2.24, 2.45) is 5.41 Å². The van der Waals surface area contributed by atoms with E-state index in [1.54, 1.807) is 0 Å². The number of nitrogens with zero attached hydrogens (tertiary/aromatic N) is 1. The van der Waals surface area contributed by atoms with E-state index in [2.05, 4.69) is 39.0 Å². The van der Waals surface area contributed by atoms with Crippen LogP contribution in [0, 0.1) is 16.7 Å². The van der Waals surface area contributed by atoms with Crippen LogP contribution in [0.5, 0.6) is 0 Å². The van der Waals surface area contributed by atoms with Gasteiger partial charge in [-0.05, 0) is 23.8 Å². The first-order valence-corrected chi connectivity index (χ1v) is 4.36. The smallest absolute Gasteiger partial charge is 0.0950 e. The Balaban J connectivity index is 3.07. The second-order valence-corrected chi connectivity index (χ2v) is 4.20. The van der Waals surface area contributed by atoms with Crippen LogP contribution in [0.3, 0.4) is 0 Å². The predicted molar refractivity (Wildman–Crippen MR) is 50.5 cm³/mol. The molecule has 1 aliphatic carbocycles. The van der Waals surface area contributed by atoms with Gasteiger partial charge in [-0.1, -0.05) is 32.9 Å². The molecular weight excluding hydrogens is 146 g/mol. The molecule has 0 amide bonds. The van der Waals surface area contributed by atoms with E-state index in [4.69, 9.17) is 5.26 Å². The molecule has 1 rings (SSSR count). The van der Waals surface area contributed by atoms with E-state index in [-0.39, 0.29) is 5.41 Å². The first-order valence-electron chi connectivity index (χ1n) is 4.36. The maximum absolute atomic E-state index is 8.88. The molecule has 1 aliphatic rings. The van der Waals surface area contributed by atoms with Crippen molar-refractivity contribution in [3.8, 4) is 6.07 Å². The van der Waals surface area contributed by atoms with Gasteiger partial charge < -0.3 is 0 Å². The standard InChI is InChI=1S/C11H15N/c1-11(2,3)10-7-5-4-6-9(10)8-12/h5,7H,4,6H2,1-3H3. The van der Waals surface area contributed by atoms with Crippen LogP contribution in [-0.4, -0.2) is 0 Å². The molecule has 1 nitrogen and oxygen atoms in total. The average molecular weight is 161 g/mol. The summed E-state index contributed by atoms with van der Waals surface area (Å²) < 4.78 is 0. The molecule has 0 bridgehead atoms. The van der Waals surface area contributed by atoms with Gasteiger partial charge in [0.05, 0.1) is 6.07 Å². The monoisotopic (exact) mass is 161 g/mol. The lowest BCUT2D eigenvalue weighted by Gasteiger charge is -2.24. The zero-order valence-corrected chi connectivity index (χ0v) is 8.02. The first-order chi connectivity index (χ1) is 5.55. The third-order valence-electron chi connectivity index (χ3n) is 2.11. The van der Waals surface area contributed by atoms with Crippen LogP contribution in [-0.2, 0) is 0 Å². The van der Waals surface area contributed by atoms with Crippen molar-refractivity contribution >= 4 is 0 Å². The van der Waals surface area contributed by atoms with E-state index in [9.17, 15) is 0 Å². The molecule has 0 N–H and O–H groups in total. The lowest BCUT2D eigenvalue weighted by molar-refractivity contribution is 0.509. The maximum Gasteiger partial charge on any atom is 0.0950 e. The zero-order chi connectivity index (χ0) is 9.19. The Morgan fingerprint density at radius 1 is 1.42 bits per heavy atom. The Bertz CT molecular complexity index is 268. The van der Waals surface area contributed by atoms with Gasteiger partial charge >= 0.3 is 0 Å². The summed E-state index contributed by atoms with van der Waals surface area (Å²) >= 11 is 0. The molecule has 0 saturated carbocycles. The Kier molecular flexibility index (Phi) is 2.38. The van der Waals surface area contributed by atoms with Crippen LogP contribution >= 0.6 is 0 Å². The van der Waals surface area contributed by atoms with Gasteiger partial charge in [0, 0.05) is 5.57 Å². The maximum atomic E-state index is 8.88. The third kappa shape index (κ3) is 1.76. The van der Waals surface area contributed by atoms with Gasteiger partial charge in [0.15, 0.2) is 0 Å². The highest BCUT2D eigenvalue weighted by atomic mass is 14.3. The van der Waals surface area contributed by atoms with Gasteiger partial charge in [-0.15, -0.1) is 0 Å². The second kappa shape index (κ2) is 3.15. The molecule has 0 fully saturated rings. The van der Waals surface area contributed by atoms with E-state index in [1.165, 1.54) is 5.57 Å². The Labute approximate surface area is 74.4 Å². The van der Waals surface area contributed by atoms with Crippen molar-refractivity contribution in [2.45, 2.75) is 33.6 Å². The SMILES string of the molecule is CC(C)(C)C1=C(C#N)CCC=C1. The molecule has 0 aromatic carbocycles. The Hall–Kier alpha value is -1.03. The second-order valence-electron chi connectivity index (χ2n) is 4.20. The first kappa shape index (κ1) is 9.06. The van der Waals surface area contributed by atoms with Gasteiger partial charge in [0.2, 0.25) is 0 Å². The minimum absolute atomic E-state index is 0.113. The molecule has 12 heavy (non-hydrogen) atoms. The third-order valence-corrected chi connectivity index (χ3v) is 2.11. The van der Waals surface area contributed by atoms with Crippen molar-refractivity contribution < 1.29 is 0 Å². The largest absolute Gasteiger partial charge is 0.193 e. The average Bonchev–Trinajstić information content (AvgIpc) is 2.03. The fourth-order valence-corrected chi connectivity index (χ4v) is 1.48. The lowest BCUT2D eigenvalue weighted by atomic mass is 9.80. The Morgan fingerprint density at radius 3 is 2.50 bits per heavy atom. The number of rotatable bonds is 0. The zero-order valence-electron chi connectivity index (χ0n) is 8.02. The molecule has 0 atom stereocenters. The fourth-order valence-electron chi connectivity index (χ4n) is 1.48. The van der Waals surface area contributed by atoms with Gasteiger partial charge in [0.1, 0.15) is 0 Å². The summed E-state index contributed by atoms with van der Waals surface area (Å²) in [5.41, 5.74) is 2.28. The molecule has 0 aliphatic heterocycles. The van der Waals surface area contributed by atoms with Crippen LogP contribution in [0.4, 0.5) is 0 Å². The number of nitriles is 1. The summed E-state index contributed by atoms with van der Waals surface area (Å²) in [6, 6.07) is 2.29. The summed E-state index contributed by atoms with van der Waals surface area (Å²) in [7, 11) is 0. The van der Waals surface area contributed by atoms with E-state index in [0.717, 1.165) is 18.4 Å². The molecule has 0 aromatic heterocycles. The van der Waals surface area contributed by atoms with Gasteiger partial charge in [-0.25, -0.2) is 0 Å². The van der Waals surface area contributed by atoms with E-state index < -0.39 is 0 Å². The molecule has 0 spiro atoms. The molecule has 0 radical (unpaired) electrons. The van der Waals surface area contributed by atoms with Crippen molar-refractivity contribution in [1.29, 1.82) is 5.26 Å². The Morgan fingerprint density at radius 2 is 2.08 bits per heavy atom. The van der Waals surface area contributed by atoms with Crippen molar-refractivity contribution in [3.05, 3.63) is 23.3 Å². The molecular formula is C11H15N. The quantitative estimate of drug-likeness (QED) is 0.535. The highest BCUT2D eigenvalue weighted by molar-refractivity contribution is 5.40. The molecule has 0 aromatic rings. The highest BCUT2D eigenvalue weighted by Gasteiger charge is 2.20. The summed E-state index contributed by atoms with van der Waals surface area (Å²) in [6.45, 7) is 6.44. The number of hydrogen-bond acceptors (Lipinski definition) is 1. The van der Waals surface area contributed by atoms with Crippen molar-refractivity contribution in [3.63, 3.8) is 0 Å². The number of hydrogen-bond donors (Lipinski definition) is 0. The van der Waals surface area contributed by atoms with E-state index in [0.29, 0.717) is 0 Å². The van der Waals surface area contributed by atoms with Gasteiger partial charge in [-0.2, -0.15) is 5.26 Å². The van der Waals surface area contributed by atoms with E-state index in [1.807, 2.05) is 0 Å². The van der Waals surface area contributed by atoms with Crippen LogP contribution < -0.4 is 0 Å². The predicted octanol–water partition coefficient (Wildman–Crippen LogP) is 3.20. The summed E-state index contributed by atoms with van der Waals surface area (Å²) in [5.74, 6) is 0. The van der Waals surface area contributed by atoms with Crippen LogP contribution in [0.2, 0.25) is 0 Å². The molecule has 0 heterocycles. The van der Waals surface area contributed by atoms with Crippen LogP contribution in [0.25, 0.3) is 0 Å². The summed E-state index contributed by atoms with van der Waals surface area (Å²) in [4.78, 5) is 0. The van der Waals surface area contributed by atoms with Crippen molar-refractivity contribution in [2.75, 3.05) is 0 Å². The lowest BCUT2D eigenvalue weighted by Crippen LogP contribution is -2.11. The molecule has 0 unspecified atom stereocenters. The fraction of sp³-hybridized carbons (Fsp3) is 0.545. The van der Waals surface area contributed by atoms with Gasteiger partial charge in [0.25, 0.3) is 0 Å². The highest BCUT2D eigenvalue weighted by Crippen LogP contribution is 2.33. The van der Waals surface area contributed by atoms with Crippen LogP contribution in [0.15, 0.2) is 23.3 Å². The molecule has 1 heteroatoms. The minimum atomic E-state index is 0.113. The van der Waals surface area contributed by atoms with Crippen LogP contribution in [0.1, 0.15) is 33.6 Å². The molecule has 0 saturated heterocycles. The van der Waals surface area contributed by atoms with Crippen molar-refractivity contribution in [1.82, 2.24) is 0 Å². The summed E-state index contributed by atoms with van der Waals surface area (Å²) in [6.07, 6.45) is 6.19. The van der Waals surface area contributed by atoms with Gasteiger partial charge in [-0.3, -0.25) is 0 Å². The molecule has 64 valence electrons. The minimum Gasteiger partial charge on any atom is -0.193 e. The number of allylic oxidation sites excluding steroid dienone is 4. The van der Waals surface area contributed by atoms with E-state index >= 15 is 0 Å². The summed E-state index contributed by atoms with van der Waals surface area (Å²) in [5, 5.41) is 8.88. The topological polar surface area (TPSA) is 23.8 Å². The normalized spacial score (nSPS) is 17.8.